The number of nitrogens with zero attached hydrogens (tertiary/aromatic N) is 1. The molecule has 0 aliphatic heterocycles. The molecule has 0 aromatic heterocycles. The quantitative estimate of drug-likeness (QED) is 0.698. The monoisotopic (exact) mass is 371 g/mol. The number of ether oxygens (including phenoxy) is 1. The van der Waals surface area contributed by atoms with Gasteiger partial charge in [-0.1, -0.05) is 38.1 Å². The standard InChI is InChI=1S/C22H29NO2S/c1-3-23(4-2)21-15-18-14-19(24)11-10-17(18)16-22(21)26-13-12-25-20-8-6-5-7-9-20/h5-11,14,21-22,24H,3-4,12-13,15-16H2,1-2H3. The lowest BCUT2D eigenvalue weighted by atomic mass is 9.87. The van der Waals surface area contributed by atoms with E-state index >= 15 is 0 Å². The van der Waals surface area contributed by atoms with Crippen molar-refractivity contribution in [2.24, 2.45) is 0 Å². The van der Waals surface area contributed by atoms with Crippen LogP contribution in [0.2, 0.25) is 0 Å². The van der Waals surface area contributed by atoms with Crippen LogP contribution in [0, 0.1) is 0 Å². The minimum Gasteiger partial charge on any atom is -0.508 e. The third-order valence-corrected chi connectivity index (χ3v) is 6.49. The molecule has 0 spiro atoms. The summed E-state index contributed by atoms with van der Waals surface area (Å²) in [7, 11) is 0. The molecule has 1 aliphatic rings. The SMILES string of the molecule is CCN(CC)C1Cc2cc(O)ccc2CC1SCCOc1ccccc1. The van der Waals surface area contributed by atoms with Crippen LogP contribution in [0.3, 0.4) is 0 Å². The van der Waals surface area contributed by atoms with E-state index in [1.54, 1.807) is 0 Å². The molecule has 0 fully saturated rings. The summed E-state index contributed by atoms with van der Waals surface area (Å²) in [6, 6.07) is 16.4. The molecule has 3 rings (SSSR count). The van der Waals surface area contributed by atoms with Crippen molar-refractivity contribution < 1.29 is 9.84 Å². The zero-order valence-corrected chi connectivity index (χ0v) is 16.5. The van der Waals surface area contributed by atoms with Gasteiger partial charge in [0.2, 0.25) is 0 Å². The number of hydrogen-bond acceptors (Lipinski definition) is 4. The highest BCUT2D eigenvalue weighted by atomic mass is 32.2. The average Bonchev–Trinajstić information content (AvgIpc) is 2.67. The van der Waals surface area contributed by atoms with Gasteiger partial charge < -0.3 is 9.84 Å². The maximum Gasteiger partial charge on any atom is 0.119 e. The Morgan fingerprint density at radius 2 is 1.81 bits per heavy atom. The predicted octanol–water partition coefficient (Wildman–Crippen LogP) is 4.38. The van der Waals surface area contributed by atoms with Gasteiger partial charge in [-0.05, 0) is 61.3 Å². The summed E-state index contributed by atoms with van der Waals surface area (Å²) in [4.78, 5) is 2.56. The van der Waals surface area contributed by atoms with Crippen LogP contribution < -0.4 is 4.74 Å². The van der Waals surface area contributed by atoms with Gasteiger partial charge in [0.05, 0.1) is 6.61 Å². The Balaban J connectivity index is 1.63. The maximum atomic E-state index is 9.84. The van der Waals surface area contributed by atoms with Gasteiger partial charge in [-0.25, -0.2) is 0 Å². The summed E-state index contributed by atoms with van der Waals surface area (Å²) in [5, 5.41) is 10.4. The van der Waals surface area contributed by atoms with Gasteiger partial charge in [0.25, 0.3) is 0 Å². The van der Waals surface area contributed by atoms with E-state index in [1.165, 1.54) is 11.1 Å². The van der Waals surface area contributed by atoms with Gasteiger partial charge in [-0.15, -0.1) is 0 Å². The second-order valence-electron chi connectivity index (χ2n) is 6.72. The molecule has 0 saturated heterocycles. The van der Waals surface area contributed by atoms with E-state index in [2.05, 4.69) is 24.8 Å². The van der Waals surface area contributed by atoms with E-state index < -0.39 is 0 Å². The van der Waals surface area contributed by atoms with Gasteiger partial charge in [0.15, 0.2) is 0 Å². The topological polar surface area (TPSA) is 32.7 Å². The molecule has 0 saturated carbocycles. The number of rotatable bonds is 8. The van der Waals surface area contributed by atoms with Crippen molar-refractivity contribution in [2.75, 3.05) is 25.4 Å². The van der Waals surface area contributed by atoms with Crippen LogP contribution in [0.15, 0.2) is 48.5 Å². The highest BCUT2D eigenvalue weighted by Crippen LogP contribution is 2.33. The fourth-order valence-corrected chi connectivity index (χ4v) is 5.08. The van der Waals surface area contributed by atoms with E-state index in [1.807, 2.05) is 54.2 Å². The van der Waals surface area contributed by atoms with Crippen molar-refractivity contribution in [2.45, 2.75) is 38.0 Å². The van der Waals surface area contributed by atoms with Gasteiger partial charge >= 0.3 is 0 Å². The van der Waals surface area contributed by atoms with Crippen LogP contribution in [0.1, 0.15) is 25.0 Å². The fraction of sp³-hybridized carbons (Fsp3) is 0.455. The number of hydrogen-bond donors (Lipinski definition) is 1. The molecule has 26 heavy (non-hydrogen) atoms. The number of thioether (sulfide) groups is 1. The number of benzene rings is 2. The lowest BCUT2D eigenvalue weighted by Gasteiger charge is -2.39. The van der Waals surface area contributed by atoms with E-state index in [4.69, 9.17) is 4.74 Å². The lowest BCUT2D eigenvalue weighted by molar-refractivity contribution is 0.204. The number of para-hydroxylation sites is 1. The summed E-state index contributed by atoms with van der Waals surface area (Å²) in [6.45, 7) is 7.34. The zero-order valence-electron chi connectivity index (χ0n) is 15.7. The van der Waals surface area contributed by atoms with Crippen molar-refractivity contribution in [3.8, 4) is 11.5 Å². The van der Waals surface area contributed by atoms with Crippen LogP contribution in [-0.2, 0) is 12.8 Å². The minimum atomic E-state index is 0.379. The first-order valence-electron chi connectivity index (χ1n) is 9.55. The minimum absolute atomic E-state index is 0.379. The fourth-order valence-electron chi connectivity index (χ4n) is 3.81. The van der Waals surface area contributed by atoms with Gasteiger partial charge in [0.1, 0.15) is 11.5 Å². The molecule has 1 N–H and O–H groups in total. The highest BCUT2D eigenvalue weighted by Gasteiger charge is 2.32. The molecular weight excluding hydrogens is 342 g/mol. The third-order valence-electron chi connectivity index (χ3n) is 5.18. The second-order valence-corrected chi connectivity index (χ2v) is 8.07. The van der Waals surface area contributed by atoms with Crippen molar-refractivity contribution in [3.63, 3.8) is 0 Å². The number of aromatic hydroxyl groups is 1. The van der Waals surface area contributed by atoms with E-state index in [0.717, 1.165) is 44.0 Å². The van der Waals surface area contributed by atoms with Crippen LogP contribution in [-0.4, -0.2) is 46.7 Å². The molecule has 4 heteroatoms. The molecule has 0 radical (unpaired) electrons. The Labute approximate surface area is 161 Å². The average molecular weight is 372 g/mol. The van der Waals surface area contributed by atoms with Crippen molar-refractivity contribution >= 4 is 11.8 Å². The van der Waals surface area contributed by atoms with Gasteiger partial charge in [-0.2, -0.15) is 11.8 Å². The maximum absolute atomic E-state index is 9.84. The van der Waals surface area contributed by atoms with Crippen LogP contribution in [0.5, 0.6) is 11.5 Å². The van der Waals surface area contributed by atoms with Gasteiger partial charge in [0, 0.05) is 17.0 Å². The number of phenolic OH excluding ortho intramolecular Hbond substituents is 1. The van der Waals surface area contributed by atoms with Crippen molar-refractivity contribution in [3.05, 3.63) is 59.7 Å². The summed E-state index contributed by atoms with van der Waals surface area (Å²) in [5.41, 5.74) is 2.69. The lowest BCUT2D eigenvalue weighted by Crippen LogP contribution is -2.47. The highest BCUT2D eigenvalue weighted by molar-refractivity contribution is 8.00. The molecule has 0 amide bonds. The Kier molecular flexibility index (Phi) is 6.86. The second kappa shape index (κ2) is 9.33. The summed E-state index contributed by atoms with van der Waals surface area (Å²) in [6.07, 6.45) is 2.08. The van der Waals surface area contributed by atoms with Gasteiger partial charge in [-0.3, -0.25) is 4.90 Å². The number of likely N-dealkylation sites (N-methyl/N-ethyl adjacent to an activating group) is 1. The normalized spacial score (nSPS) is 19.3. The molecule has 2 unspecified atom stereocenters. The Bertz CT molecular complexity index is 688. The largest absolute Gasteiger partial charge is 0.508 e. The number of phenols is 1. The molecular formula is C22H29NO2S. The molecule has 2 aromatic rings. The van der Waals surface area contributed by atoms with Crippen molar-refractivity contribution in [1.82, 2.24) is 4.90 Å². The van der Waals surface area contributed by atoms with Crippen LogP contribution >= 0.6 is 11.8 Å². The summed E-state index contributed by atoms with van der Waals surface area (Å²) < 4.78 is 5.86. The first-order chi connectivity index (χ1) is 12.7. The van der Waals surface area contributed by atoms with Crippen LogP contribution in [0.4, 0.5) is 0 Å². The smallest absolute Gasteiger partial charge is 0.119 e. The summed E-state index contributed by atoms with van der Waals surface area (Å²) in [5.74, 6) is 2.31. The molecule has 0 bridgehead atoms. The van der Waals surface area contributed by atoms with E-state index in [0.29, 0.717) is 17.0 Å². The molecule has 140 valence electrons. The number of fused-ring (bicyclic) bond motifs is 1. The first kappa shape index (κ1) is 19.1. The first-order valence-corrected chi connectivity index (χ1v) is 10.6. The predicted molar refractivity (Wildman–Crippen MR) is 110 cm³/mol. The third kappa shape index (κ3) is 4.74. The Morgan fingerprint density at radius 3 is 2.54 bits per heavy atom. The van der Waals surface area contributed by atoms with E-state index in [9.17, 15) is 5.11 Å². The molecule has 2 atom stereocenters. The molecule has 0 heterocycles. The van der Waals surface area contributed by atoms with Crippen LogP contribution in [0.25, 0.3) is 0 Å². The Hall–Kier alpha value is -1.65. The Morgan fingerprint density at radius 1 is 1.04 bits per heavy atom. The summed E-state index contributed by atoms with van der Waals surface area (Å²) >= 11 is 2.02. The zero-order chi connectivity index (χ0) is 18.4. The van der Waals surface area contributed by atoms with Crippen molar-refractivity contribution in [1.29, 1.82) is 0 Å². The molecule has 3 nitrogen and oxygen atoms in total. The molecule has 2 aromatic carbocycles. The molecule has 1 aliphatic carbocycles. The van der Waals surface area contributed by atoms with E-state index in [-0.39, 0.29) is 0 Å².